The molecule has 17 heavy (non-hydrogen) atoms. The highest BCUT2D eigenvalue weighted by Crippen LogP contribution is 2.05. The third-order valence-electron chi connectivity index (χ3n) is 2.52. The Morgan fingerprint density at radius 3 is 2.53 bits per heavy atom. The van der Waals surface area contributed by atoms with E-state index in [0.717, 1.165) is 22.6 Å². The molecule has 0 aliphatic heterocycles. The second-order valence-electron chi connectivity index (χ2n) is 3.97. The van der Waals surface area contributed by atoms with Crippen molar-refractivity contribution in [3.8, 4) is 0 Å². The Morgan fingerprint density at radius 1 is 1.06 bits per heavy atom. The van der Waals surface area contributed by atoms with Gasteiger partial charge in [-0.25, -0.2) is 4.98 Å². The molecular formula is C12H15N5. The van der Waals surface area contributed by atoms with Crippen LogP contribution < -0.4 is 5.32 Å². The predicted octanol–water partition coefficient (Wildman–Crippen LogP) is 1.80. The molecule has 0 aromatic carbocycles. The summed E-state index contributed by atoms with van der Waals surface area (Å²) in [6.45, 7) is 6.43. The van der Waals surface area contributed by atoms with Crippen LogP contribution in [0.3, 0.4) is 0 Å². The van der Waals surface area contributed by atoms with E-state index in [1.54, 1.807) is 0 Å². The molecule has 0 fully saturated rings. The average molecular weight is 229 g/mol. The van der Waals surface area contributed by atoms with E-state index in [9.17, 15) is 0 Å². The molecule has 0 radical (unpaired) electrons. The van der Waals surface area contributed by atoms with E-state index in [1.807, 2.05) is 39.1 Å². The quantitative estimate of drug-likeness (QED) is 0.869. The number of nitrogens with zero attached hydrogens (tertiary/aromatic N) is 4. The molecule has 2 aromatic heterocycles. The number of nitrogens with one attached hydrogen (secondary N) is 1. The van der Waals surface area contributed by atoms with Gasteiger partial charge in [-0.2, -0.15) is 5.10 Å². The highest BCUT2D eigenvalue weighted by Gasteiger charge is 2.01. The number of aryl methyl sites for hydroxylation is 3. The molecular weight excluding hydrogens is 214 g/mol. The average Bonchev–Trinajstić information content (AvgIpc) is 2.33. The number of aromatic nitrogens is 4. The van der Waals surface area contributed by atoms with E-state index in [1.165, 1.54) is 0 Å². The molecule has 0 atom stereocenters. The monoisotopic (exact) mass is 229 g/mol. The van der Waals surface area contributed by atoms with Crippen LogP contribution in [0, 0.1) is 20.8 Å². The number of pyridine rings is 1. The first-order valence-electron chi connectivity index (χ1n) is 5.48. The van der Waals surface area contributed by atoms with Crippen LogP contribution in [0.25, 0.3) is 0 Å². The maximum atomic E-state index is 4.30. The minimum atomic E-state index is 0.550. The fourth-order valence-corrected chi connectivity index (χ4v) is 1.32. The summed E-state index contributed by atoms with van der Waals surface area (Å²) in [5, 5.41) is 11.1. The lowest BCUT2D eigenvalue weighted by Gasteiger charge is -2.05. The lowest BCUT2D eigenvalue weighted by atomic mass is 10.2. The van der Waals surface area contributed by atoms with Crippen LogP contribution in [0.2, 0.25) is 0 Å². The minimum Gasteiger partial charge on any atom is -0.349 e. The van der Waals surface area contributed by atoms with Crippen LogP contribution in [-0.4, -0.2) is 20.2 Å². The van der Waals surface area contributed by atoms with Crippen LogP contribution in [0.5, 0.6) is 0 Å². The van der Waals surface area contributed by atoms with Gasteiger partial charge in [0.25, 0.3) is 0 Å². The first kappa shape index (κ1) is 11.4. The smallest absolute Gasteiger partial charge is 0.243 e. The van der Waals surface area contributed by atoms with E-state index >= 15 is 0 Å². The second-order valence-corrected chi connectivity index (χ2v) is 3.97. The third kappa shape index (κ3) is 2.96. The van der Waals surface area contributed by atoms with Crippen LogP contribution in [0.1, 0.15) is 22.6 Å². The maximum Gasteiger partial charge on any atom is 0.243 e. The van der Waals surface area contributed by atoms with Gasteiger partial charge in [0, 0.05) is 18.4 Å². The number of rotatable bonds is 3. The largest absolute Gasteiger partial charge is 0.349 e. The van der Waals surface area contributed by atoms with Gasteiger partial charge in [-0.15, -0.1) is 5.10 Å². The second kappa shape index (κ2) is 4.86. The first-order valence-corrected chi connectivity index (χ1v) is 5.48. The van der Waals surface area contributed by atoms with Crippen molar-refractivity contribution in [2.24, 2.45) is 0 Å². The van der Waals surface area contributed by atoms with Crippen molar-refractivity contribution in [1.82, 2.24) is 20.2 Å². The Morgan fingerprint density at radius 2 is 1.88 bits per heavy atom. The fraction of sp³-hybridized carbons (Fsp3) is 0.333. The topological polar surface area (TPSA) is 63.6 Å². The van der Waals surface area contributed by atoms with E-state index in [0.29, 0.717) is 12.5 Å². The third-order valence-corrected chi connectivity index (χ3v) is 2.52. The van der Waals surface area contributed by atoms with Gasteiger partial charge in [-0.3, -0.25) is 4.98 Å². The van der Waals surface area contributed by atoms with Gasteiger partial charge < -0.3 is 5.32 Å². The van der Waals surface area contributed by atoms with Gasteiger partial charge in [0.2, 0.25) is 5.95 Å². The summed E-state index contributed by atoms with van der Waals surface area (Å²) < 4.78 is 0. The first-order chi connectivity index (χ1) is 8.15. The van der Waals surface area contributed by atoms with Gasteiger partial charge in [-0.05, 0) is 32.4 Å². The molecule has 0 unspecified atom stereocenters. The Hall–Kier alpha value is -2.04. The summed E-state index contributed by atoms with van der Waals surface area (Å²) in [4.78, 5) is 8.53. The highest BCUT2D eigenvalue weighted by molar-refractivity contribution is 5.27. The van der Waals surface area contributed by atoms with E-state index in [4.69, 9.17) is 0 Å². The minimum absolute atomic E-state index is 0.550. The van der Waals surface area contributed by atoms with Crippen LogP contribution in [-0.2, 0) is 6.54 Å². The summed E-state index contributed by atoms with van der Waals surface area (Å²) in [5.41, 5.74) is 3.85. The molecule has 0 saturated carbocycles. The standard InChI is InChI=1S/C12H15N5/c1-8-4-5-11(6-13-8)7-14-12-15-9(2)10(3)16-17-12/h4-6H,7H2,1-3H3,(H,14,15,17). The van der Waals surface area contributed by atoms with Crippen molar-refractivity contribution in [2.45, 2.75) is 27.3 Å². The van der Waals surface area contributed by atoms with Gasteiger partial charge in [0.05, 0.1) is 11.4 Å². The molecule has 5 heteroatoms. The summed E-state index contributed by atoms with van der Waals surface area (Å²) in [6, 6.07) is 4.01. The van der Waals surface area contributed by atoms with Crippen molar-refractivity contribution in [2.75, 3.05) is 5.32 Å². The molecule has 5 nitrogen and oxygen atoms in total. The number of hydrogen-bond acceptors (Lipinski definition) is 5. The highest BCUT2D eigenvalue weighted by atomic mass is 15.2. The van der Waals surface area contributed by atoms with E-state index in [2.05, 4.69) is 25.5 Å². The molecule has 2 heterocycles. The van der Waals surface area contributed by atoms with Crippen molar-refractivity contribution in [1.29, 1.82) is 0 Å². The van der Waals surface area contributed by atoms with E-state index < -0.39 is 0 Å². The van der Waals surface area contributed by atoms with Crippen LogP contribution >= 0.6 is 0 Å². The van der Waals surface area contributed by atoms with Gasteiger partial charge in [0.1, 0.15) is 0 Å². The Labute approximate surface area is 100 Å². The van der Waals surface area contributed by atoms with E-state index in [-0.39, 0.29) is 0 Å². The number of hydrogen-bond donors (Lipinski definition) is 1. The molecule has 0 amide bonds. The van der Waals surface area contributed by atoms with Gasteiger partial charge in [0.15, 0.2) is 0 Å². The Kier molecular flexibility index (Phi) is 3.27. The molecule has 0 bridgehead atoms. The zero-order valence-electron chi connectivity index (χ0n) is 10.2. The molecule has 0 aliphatic rings. The predicted molar refractivity (Wildman–Crippen MR) is 65.6 cm³/mol. The summed E-state index contributed by atoms with van der Waals surface area (Å²) >= 11 is 0. The molecule has 2 aromatic rings. The molecule has 0 saturated heterocycles. The van der Waals surface area contributed by atoms with Gasteiger partial charge in [-0.1, -0.05) is 6.07 Å². The molecule has 0 aliphatic carbocycles. The molecule has 1 N–H and O–H groups in total. The normalized spacial score (nSPS) is 10.3. The maximum absolute atomic E-state index is 4.30. The SMILES string of the molecule is Cc1ccc(CNc2nnc(C)c(C)n2)cn1. The van der Waals surface area contributed by atoms with Crippen LogP contribution in [0.15, 0.2) is 18.3 Å². The number of anilines is 1. The van der Waals surface area contributed by atoms with Crippen molar-refractivity contribution >= 4 is 5.95 Å². The Balaban J connectivity index is 2.02. The zero-order chi connectivity index (χ0) is 12.3. The van der Waals surface area contributed by atoms with Crippen molar-refractivity contribution < 1.29 is 0 Å². The lowest BCUT2D eigenvalue weighted by molar-refractivity contribution is 0.884. The Bertz CT molecular complexity index is 507. The van der Waals surface area contributed by atoms with Gasteiger partial charge >= 0.3 is 0 Å². The fourth-order valence-electron chi connectivity index (χ4n) is 1.32. The summed E-state index contributed by atoms with van der Waals surface area (Å²) in [7, 11) is 0. The van der Waals surface area contributed by atoms with Crippen molar-refractivity contribution in [3.63, 3.8) is 0 Å². The van der Waals surface area contributed by atoms with Crippen LogP contribution in [0.4, 0.5) is 5.95 Å². The molecule has 88 valence electrons. The van der Waals surface area contributed by atoms with Crippen molar-refractivity contribution in [3.05, 3.63) is 41.0 Å². The molecule has 2 rings (SSSR count). The summed E-state index contributed by atoms with van der Waals surface area (Å²) in [5.74, 6) is 0.550. The lowest BCUT2D eigenvalue weighted by Crippen LogP contribution is -2.07. The zero-order valence-corrected chi connectivity index (χ0v) is 10.2. The molecule has 0 spiro atoms. The summed E-state index contributed by atoms with van der Waals surface area (Å²) in [6.07, 6.45) is 1.84.